The predicted octanol–water partition coefficient (Wildman–Crippen LogP) is 0.0904. The summed E-state index contributed by atoms with van der Waals surface area (Å²) in [4.78, 5) is 22.4. The highest BCUT2D eigenvalue weighted by atomic mass is 16.5. The topological polar surface area (TPSA) is 107 Å². The second-order valence-electron chi connectivity index (χ2n) is 4.25. The lowest BCUT2D eigenvalue weighted by atomic mass is 9.91. The van der Waals surface area contributed by atoms with Gasteiger partial charge in [-0.15, -0.1) is 0 Å². The van der Waals surface area contributed by atoms with E-state index in [0.717, 1.165) is 18.5 Å². The standard InChI is InChI=1S/C11H15N3O4/c1-18-8(15)5-14-7-4-2-3-6(12)9(7)10(13-14)11(16)17/h6H,2-5,12H2,1H3,(H,16,17). The lowest BCUT2D eigenvalue weighted by Gasteiger charge is -2.19. The van der Waals surface area contributed by atoms with Crippen molar-refractivity contribution in [2.24, 2.45) is 5.73 Å². The summed E-state index contributed by atoms with van der Waals surface area (Å²) in [7, 11) is 1.28. The molecule has 0 saturated carbocycles. The molecule has 1 aliphatic carbocycles. The zero-order valence-electron chi connectivity index (χ0n) is 10.0. The van der Waals surface area contributed by atoms with E-state index < -0.39 is 11.9 Å². The molecule has 18 heavy (non-hydrogen) atoms. The van der Waals surface area contributed by atoms with Gasteiger partial charge in [0.25, 0.3) is 0 Å². The number of fused-ring (bicyclic) bond motifs is 1. The van der Waals surface area contributed by atoms with Gasteiger partial charge in [-0.05, 0) is 19.3 Å². The van der Waals surface area contributed by atoms with Gasteiger partial charge in [-0.3, -0.25) is 9.48 Å². The third kappa shape index (κ3) is 2.08. The van der Waals surface area contributed by atoms with Crippen molar-refractivity contribution < 1.29 is 19.4 Å². The van der Waals surface area contributed by atoms with Crippen LogP contribution < -0.4 is 5.73 Å². The zero-order chi connectivity index (χ0) is 13.3. The van der Waals surface area contributed by atoms with Crippen LogP contribution in [0.3, 0.4) is 0 Å². The highest BCUT2D eigenvalue weighted by Gasteiger charge is 2.29. The Morgan fingerprint density at radius 1 is 1.61 bits per heavy atom. The Labute approximate surface area is 104 Å². The fraction of sp³-hybridized carbons (Fsp3) is 0.545. The molecule has 0 fully saturated rings. The number of aromatic carboxylic acids is 1. The summed E-state index contributed by atoms with van der Waals surface area (Å²) < 4.78 is 5.96. The number of rotatable bonds is 3. The van der Waals surface area contributed by atoms with E-state index in [-0.39, 0.29) is 18.3 Å². The van der Waals surface area contributed by atoms with E-state index in [1.807, 2.05) is 0 Å². The van der Waals surface area contributed by atoms with Gasteiger partial charge in [0.05, 0.1) is 7.11 Å². The predicted molar refractivity (Wildman–Crippen MR) is 61.1 cm³/mol. The number of ether oxygens (including phenoxy) is 1. The minimum Gasteiger partial charge on any atom is -0.476 e. The number of hydrogen-bond donors (Lipinski definition) is 2. The van der Waals surface area contributed by atoms with Crippen LogP contribution in [-0.2, 0) is 22.5 Å². The molecule has 1 aromatic heterocycles. The SMILES string of the molecule is COC(=O)Cn1nc(C(=O)O)c2c1CCCC2N. The van der Waals surface area contributed by atoms with Gasteiger partial charge >= 0.3 is 11.9 Å². The van der Waals surface area contributed by atoms with Crippen LogP contribution in [0.15, 0.2) is 0 Å². The first-order chi connectivity index (χ1) is 8.54. The van der Waals surface area contributed by atoms with Crippen LogP contribution in [0.5, 0.6) is 0 Å². The Kier molecular flexibility index (Phi) is 3.33. The number of esters is 1. The van der Waals surface area contributed by atoms with E-state index in [9.17, 15) is 9.59 Å². The molecule has 7 nitrogen and oxygen atoms in total. The quantitative estimate of drug-likeness (QED) is 0.739. The number of nitrogens with two attached hydrogens (primary N) is 1. The number of carboxylic acids is 1. The van der Waals surface area contributed by atoms with Crippen molar-refractivity contribution in [2.75, 3.05) is 7.11 Å². The van der Waals surface area contributed by atoms with Crippen molar-refractivity contribution in [1.29, 1.82) is 0 Å². The van der Waals surface area contributed by atoms with E-state index in [4.69, 9.17) is 10.8 Å². The molecule has 7 heteroatoms. The van der Waals surface area contributed by atoms with Gasteiger partial charge in [0.2, 0.25) is 0 Å². The summed E-state index contributed by atoms with van der Waals surface area (Å²) in [6, 6.07) is -0.328. The molecule has 0 saturated heterocycles. The Morgan fingerprint density at radius 2 is 2.33 bits per heavy atom. The van der Waals surface area contributed by atoms with Gasteiger partial charge in [-0.2, -0.15) is 5.10 Å². The summed E-state index contributed by atoms with van der Waals surface area (Å²) in [6.45, 7) is -0.0845. The Morgan fingerprint density at radius 3 is 2.94 bits per heavy atom. The molecule has 98 valence electrons. The molecule has 1 atom stereocenters. The first-order valence-electron chi connectivity index (χ1n) is 5.70. The molecule has 0 bridgehead atoms. The van der Waals surface area contributed by atoms with Crippen LogP contribution in [0.25, 0.3) is 0 Å². The lowest BCUT2D eigenvalue weighted by Crippen LogP contribution is -2.21. The summed E-state index contributed by atoms with van der Waals surface area (Å²) in [5, 5.41) is 13.1. The van der Waals surface area contributed by atoms with Crippen LogP contribution in [-0.4, -0.2) is 33.9 Å². The monoisotopic (exact) mass is 253 g/mol. The maximum Gasteiger partial charge on any atom is 0.356 e. The third-order valence-electron chi connectivity index (χ3n) is 3.11. The maximum atomic E-state index is 11.3. The van der Waals surface area contributed by atoms with Crippen molar-refractivity contribution >= 4 is 11.9 Å². The molecule has 1 unspecified atom stereocenters. The molecule has 2 rings (SSSR count). The number of carboxylic acid groups (broad SMARTS) is 1. The third-order valence-corrected chi connectivity index (χ3v) is 3.11. The molecule has 1 aromatic rings. The minimum absolute atomic E-state index is 0.0545. The van der Waals surface area contributed by atoms with Crippen molar-refractivity contribution in [3.63, 3.8) is 0 Å². The lowest BCUT2D eigenvalue weighted by molar-refractivity contribution is -0.141. The number of carbonyl (C=O) groups is 2. The van der Waals surface area contributed by atoms with Gasteiger partial charge in [0.1, 0.15) is 6.54 Å². The average Bonchev–Trinajstić information content (AvgIpc) is 2.70. The molecule has 3 N–H and O–H groups in total. The molecule has 1 heterocycles. The fourth-order valence-corrected chi connectivity index (χ4v) is 2.27. The summed E-state index contributed by atoms with van der Waals surface area (Å²) >= 11 is 0. The van der Waals surface area contributed by atoms with Gasteiger partial charge < -0.3 is 15.6 Å². The molecule has 0 amide bonds. The van der Waals surface area contributed by atoms with Crippen molar-refractivity contribution in [3.05, 3.63) is 17.0 Å². The van der Waals surface area contributed by atoms with Crippen LogP contribution in [0.2, 0.25) is 0 Å². The highest BCUT2D eigenvalue weighted by molar-refractivity contribution is 5.88. The van der Waals surface area contributed by atoms with Crippen LogP contribution in [0.1, 0.15) is 40.6 Å². The zero-order valence-corrected chi connectivity index (χ0v) is 10.0. The molecular formula is C11H15N3O4. The van der Waals surface area contributed by atoms with Gasteiger partial charge in [0, 0.05) is 17.3 Å². The average molecular weight is 253 g/mol. The molecule has 0 aliphatic heterocycles. The first kappa shape index (κ1) is 12.6. The van der Waals surface area contributed by atoms with Crippen molar-refractivity contribution in [1.82, 2.24) is 9.78 Å². The molecule has 1 aliphatic rings. The molecule has 0 spiro atoms. The summed E-state index contributed by atoms with van der Waals surface area (Å²) in [6.07, 6.45) is 2.28. The van der Waals surface area contributed by atoms with E-state index >= 15 is 0 Å². The van der Waals surface area contributed by atoms with E-state index in [2.05, 4.69) is 9.84 Å². The number of hydrogen-bond acceptors (Lipinski definition) is 5. The Bertz CT molecular complexity index is 495. The second kappa shape index (κ2) is 4.77. The number of methoxy groups -OCH3 is 1. The number of nitrogens with zero attached hydrogens (tertiary/aromatic N) is 2. The first-order valence-corrected chi connectivity index (χ1v) is 5.70. The van der Waals surface area contributed by atoms with E-state index in [1.165, 1.54) is 11.8 Å². The largest absolute Gasteiger partial charge is 0.476 e. The number of carbonyl (C=O) groups excluding carboxylic acids is 1. The Hall–Kier alpha value is -1.89. The number of aromatic nitrogens is 2. The minimum atomic E-state index is -1.12. The van der Waals surface area contributed by atoms with Crippen molar-refractivity contribution in [3.8, 4) is 0 Å². The molecule has 0 aromatic carbocycles. The normalized spacial score (nSPS) is 18.2. The smallest absolute Gasteiger partial charge is 0.356 e. The highest BCUT2D eigenvalue weighted by Crippen LogP contribution is 2.30. The van der Waals surface area contributed by atoms with E-state index in [1.54, 1.807) is 0 Å². The summed E-state index contributed by atoms with van der Waals surface area (Å²) in [5.41, 5.74) is 7.16. The molecular weight excluding hydrogens is 238 g/mol. The van der Waals surface area contributed by atoms with Gasteiger partial charge in [-0.1, -0.05) is 0 Å². The van der Waals surface area contributed by atoms with Crippen LogP contribution in [0, 0.1) is 0 Å². The molecule has 0 radical (unpaired) electrons. The van der Waals surface area contributed by atoms with E-state index in [0.29, 0.717) is 12.0 Å². The van der Waals surface area contributed by atoms with Crippen LogP contribution >= 0.6 is 0 Å². The van der Waals surface area contributed by atoms with Gasteiger partial charge in [-0.25, -0.2) is 4.79 Å². The fourth-order valence-electron chi connectivity index (χ4n) is 2.27. The summed E-state index contributed by atoms with van der Waals surface area (Å²) in [5.74, 6) is -1.58. The Balaban J connectivity index is 2.45. The van der Waals surface area contributed by atoms with Crippen LogP contribution in [0.4, 0.5) is 0 Å². The maximum absolute atomic E-state index is 11.3. The van der Waals surface area contributed by atoms with Crippen molar-refractivity contribution in [2.45, 2.75) is 31.8 Å². The van der Waals surface area contributed by atoms with Gasteiger partial charge in [0.15, 0.2) is 5.69 Å². The second-order valence-corrected chi connectivity index (χ2v) is 4.25.